The van der Waals surface area contributed by atoms with Gasteiger partial charge in [0.05, 0.1) is 4.70 Å². The number of hydrogen-bond acceptors (Lipinski definition) is 3. The number of pyridine rings is 1. The molecule has 3 rings (SSSR count). The van der Waals surface area contributed by atoms with Crippen molar-refractivity contribution >= 4 is 39.1 Å². The van der Waals surface area contributed by atoms with Crippen LogP contribution in [0.3, 0.4) is 0 Å². The molecule has 0 bridgehead atoms. The van der Waals surface area contributed by atoms with Gasteiger partial charge in [0.1, 0.15) is 17.5 Å². The van der Waals surface area contributed by atoms with Crippen LogP contribution in [0.4, 0.5) is 0 Å². The van der Waals surface area contributed by atoms with E-state index in [-0.39, 0.29) is 0 Å². The van der Waals surface area contributed by atoms with E-state index in [0.717, 1.165) is 27.1 Å². The first-order chi connectivity index (χ1) is 7.27. The van der Waals surface area contributed by atoms with Gasteiger partial charge in [0.15, 0.2) is 0 Å². The van der Waals surface area contributed by atoms with Crippen molar-refractivity contribution in [3.05, 3.63) is 27.9 Å². The summed E-state index contributed by atoms with van der Waals surface area (Å²) in [6, 6.07) is 0. The number of aryl methyl sites for hydroxylation is 1. The molecule has 0 aliphatic carbocycles. The molecule has 0 saturated carbocycles. The molecule has 2 nitrogen and oxygen atoms in total. The van der Waals surface area contributed by atoms with Crippen LogP contribution in [0.15, 0.2) is 11.5 Å². The second kappa shape index (κ2) is 3.22. The lowest BCUT2D eigenvalue weighted by Gasteiger charge is -2.04. The Balaban J connectivity index is 2.53. The molecular formula is C11H8ClNOS. The van der Waals surface area contributed by atoms with Crippen LogP contribution >= 0.6 is 22.9 Å². The highest BCUT2D eigenvalue weighted by atomic mass is 35.5. The Kier molecular flexibility index (Phi) is 1.97. The van der Waals surface area contributed by atoms with Crippen molar-refractivity contribution in [3.63, 3.8) is 0 Å². The Labute approximate surface area is 96.2 Å². The Morgan fingerprint density at radius 1 is 1.53 bits per heavy atom. The molecule has 2 aromatic rings. The standard InChI is InChI=1S/C11H8ClNOS/c1-6-7-3-2-4-14-8-5-15-10(9(7)8)11(12)13-6/h2-3,5H,4H2,1H3. The van der Waals surface area contributed by atoms with Crippen molar-refractivity contribution in [1.29, 1.82) is 0 Å². The summed E-state index contributed by atoms with van der Waals surface area (Å²) in [5.74, 6) is 0.919. The first-order valence-corrected chi connectivity index (χ1v) is 5.90. The lowest BCUT2D eigenvalue weighted by atomic mass is 10.1. The second-order valence-electron chi connectivity index (χ2n) is 3.42. The van der Waals surface area contributed by atoms with Crippen molar-refractivity contribution in [2.75, 3.05) is 6.61 Å². The summed E-state index contributed by atoms with van der Waals surface area (Å²) >= 11 is 7.69. The van der Waals surface area contributed by atoms with E-state index in [1.54, 1.807) is 11.3 Å². The largest absolute Gasteiger partial charge is 0.488 e. The highest BCUT2D eigenvalue weighted by Crippen LogP contribution is 2.40. The van der Waals surface area contributed by atoms with Gasteiger partial charge in [-0.05, 0) is 13.0 Å². The molecule has 3 heterocycles. The fourth-order valence-corrected chi connectivity index (χ4v) is 3.04. The molecular weight excluding hydrogens is 230 g/mol. The first kappa shape index (κ1) is 9.19. The van der Waals surface area contributed by atoms with E-state index >= 15 is 0 Å². The predicted molar refractivity (Wildman–Crippen MR) is 63.9 cm³/mol. The third-order valence-electron chi connectivity index (χ3n) is 2.49. The van der Waals surface area contributed by atoms with Crippen LogP contribution in [-0.4, -0.2) is 11.6 Å². The topological polar surface area (TPSA) is 22.1 Å². The van der Waals surface area contributed by atoms with Gasteiger partial charge in [0, 0.05) is 22.0 Å². The molecule has 2 aromatic heterocycles. The molecule has 0 spiro atoms. The molecule has 1 aliphatic heterocycles. The maximum Gasteiger partial charge on any atom is 0.147 e. The minimum absolute atomic E-state index is 0.571. The molecule has 0 radical (unpaired) electrons. The Morgan fingerprint density at radius 2 is 2.40 bits per heavy atom. The summed E-state index contributed by atoms with van der Waals surface area (Å²) in [6.45, 7) is 2.58. The van der Waals surface area contributed by atoms with Crippen molar-refractivity contribution in [2.24, 2.45) is 0 Å². The summed E-state index contributed by atoms with van der Waals surface area (Å²) in [7, 11) is 0. The third-order valence-corrected chi connectivity index (χ3v) is 3.84. The average molecular weight is 238 g/mol. The highest BCUT2D eigenvalue weighted by molar-refractivity contribution is 7.18. The van der Waals surface area contributed by atoms with Crippen LogP contribution in [0.1, 0.15) is 11.3 Å². The summed E-state index contributed by atoms with van der Waals surface area (Å²) in [5, 5.41) is 3.67. The van der Waals surface area contributed by atoms with E-state index in [1.165, 1.54) is 0 Å². The molecule has 0 aromatic carbocycles. The predicted octanol–water partition coefficient (Wildman–Crippen LogP) is 3.66. The van der Waals surface area contributed by atoms with Gasteiger partial charge >= 0.3 is 0 Å². The maximum absolute atomic E-state index is 6.10. The number of ether oxygens (including phenoxy) is 1. The smallest absolute Gasteiger partial charge is 0.147 e. The second-order valence-corrected chi connectivity index (χ2v) is 4.66. The van der Waals surface area contributed by atoms with Crippen LogP contribution in [0.25, 0.3) is 16.2 Å². The minimum atomic E-state index is 0.571. The van der Waals surface area contributed by atoms with Gasteiger partial charge in [0.25, 0.3) is 0 Å². The highest BCUT2D eigenvalue weighted by Gasteiger charge is 2.16. The molecule has 1 aliphatic rings. The van der Waals surface area contributed by atoms with Crippen molar-refractivity contribution < 1.29 is 4.74 Å². The van der Waals surface area contributed by atoms with E-state index in [4.69, 9.17) is 16.3 Å². The van der Waals surface area contributed by atoms with Crippen LogP contribution in [-0.2, 0) is 0 Å². The maximum atomic E-state index is 6.10. The van der Waals surface area contributed by atoms with Crippen LogP contribution in [0.2, 0.25) is 5.15 Å². The van der Waals surface area contributed by atoms with E-state index in [1.807, 2.05) is 18.4 Å². The van der Waals surface area contributed by atoms with Crippen LogP contribution < -0.4 is 4.74 Å². The molecule has 0 fully saturated rings. The van der Waals surface area contributed by atoms with Gasteiger partial charge in [0.2, 0.25) is 0 Å². The van der Waals surface area contributed by atoms with Gasteiger partial charge in [-0.15, -0.1) is 11.3 Å². The summed E-state index contributed by atoms with van der Waals surface area (Å²) < 4.78 is 6.62. The van der Waals surface area contributed by atoms with Crippen LogP contribution in [0.5, 0.6) is 5.75 Å². The summed E-state index contributed by atoms with van der Waals surface area (Å²) in [5.41, 5.74) is 2.08. The van der Waals surface area contributed by atoms with Crippen molar-refractivity contribution in [2.45, 2.75) is 6.92 Å². The fraction of sp³-hybridized carbons (Fsp3) is 0.182. The number of rotatable bonds is 0. The third kappa shape index (κ3) is 1.27. The molecule has 0 N–H and O–H groups in total. The Morgan fingerprint density at radius 3 is 3.27 bits per heavy atom. The molecule has 0 unspecified atom stereocenters. The zero-order chi connectivity index (χ0) is 10.4. The van der Waals surface area contributed by atoms with Gasteiger partial charge in [-0.1, -0.05) is 17.7 Å². The fourth-order valence-electron chi connectivity index (χ4n) is 1.80. The SMILES string of the molecule is Cc1nc(Cl)c2scc3c2c1C=CCO3. The quantitative estimate of drug-likeness (QED) is 0.653. The number of hydrogen-bond donors (Lipinski definition) is 0. The lowest BCUT2D eigenvalue weighted by molar-refractivity contribution is 0.370. The number of aromatic nitrogens is 1. The Hall–Kier alpha value is -1.06. The van der Waals surface area contributed by atoms with Gasteiger partial charge in [-0.25, -0.2) is 4.98 Å². The minimum Gasteiger partial charge on any atom is -0.488 e. The molecule has 0 atom stereocenters. The van der Waals surface area contributed by atoms with Crippen molar-refractivity contribution in [3.8, 4) is 5.75 Å². The van der Waals surface area contributed by atoms with Crippen LogP contribution in [0, 0.1) is 6.92 Å². The first-order valence-electron chi connectivity index (χ1n) is 4.64. The molecule has 0 saturated heterocycles. The van der Waals surface area contributed by atoms with E-state index in [2.05, 4.69) is 11.1 Å². The van der Waals surface area contributed by atoms with E-state index < -0.39 is 0 Å². The zero-order valence-corrected chi connectivity index (χ0v) is 9.65. The monoisotopic (exact) mass is 237 g/mol. The molecule has 15 heavy (non-hydrogen) atoms. The molecule has 4 heteroatoms. The number of nitrogens with zero attached hydrogens (tertiary/aromatic N) is 1. The summed E-state index contributed by atoms with van der Waals surface area (Å²) in [4.78, 5) is 4.33. The summed E-state index contributed by atoms with van der Waals surface area (Å²) in [6.07, 6.45) is 4.06. The number of halogens is 1. The van der Waals surface area contributed by atoms with Gasteiger partial charge in [-0.2, -0.15) is 0 Å². The van der Waals surface area contributed by atoms with Crippen molar-refractivity contribution in [1.82, 2.24) is 4.98 Å². The lowest BCUT2D eigenvalue weighted by Crippen LogP contribution is -1.90. The Bertz CT molecular complexity index is 573. The average Bonchev–Trinajstić information content (AvgIpc) is 2.50. The number of thiophene rings is 1. The van der Waals surface area contributed by atoms with E-state index in [9.17, 15) is 0 Å². The normalized spacial score (nSPS) is 14.0. The zero-order valence-electron chi connectivity index (χ0n) is 8.08. The van der Waals surface area contributed by atoms with E-state index in [0.29, 0.717) is 11.8 Å². The van der Waals surface area contributed by atoms with Gasteiger partial charge in [-0.3, -0.25) is 0 Å². The molecule has 0 amide bonds. The molecule has 76 valence electrons. The van der Waals surface area contributed by atoms with Gasteiger partial charge < -0.3 is 4.74 Å².